The van der Waals surface area contributed by atoms with Gasteiger partial charge in [0.05, 0.1) is 38.1 Å². The van der Waals surface area contributed by atoms with Crippen LogP contribution in [0.4, 0.5) is 5.69 Å². The van der Waals surface area contributed by atoms with Crippen LogP contribution in [0.1, 0.15) is 5.56 Å². The molecule has 0 unspecified atom stereocenters. The summed E-state index contributed by atoms with van der Waals surface area (Å²) in [6.07, 6.45) is 1.65. The summed E-state index contributed by atoms with van der Waals surface area (Å²) >= 11 is 8.02. The Kier molecular flexibility index (Phi) is 9.67. The van der Waals surface area contributed by atoms with Gasteiger partial charge in [-0.15, -0.1) is 0 Å². The summed E-state index contributed by atoms with van der Waals surface area (Å²) in [6.45, 7) is -0.618. The molecule has 1 aliphatic rings. The Balaban J connectivity index is 1.59. The lowest BCUT2D eigenvalue weighted by molar-refractivity contribution is -0.119. The molecular formula is C27H28ClN3O7S2. The molecule has 0 saturated carbocycles. The Bertz CT molecular complexity index is 1500. The summed E-state index contributed by atoms with van der Waals surface area (Å²) < 4.78 is 50.4. The lowest BCUT2D eigenvalue weighted by Crippen LogP contribution is -2.39. The molecule has 0 bridgehead atoms. The molecule has 1 N–H and O–H groups in total. The van der Waals surface area contributed by atoms with E-state index in [1.54, 1.807) is 6.07 Å². The van der Waals surface area contributed by atoms with Gasteiger partial charge in [0.15, 0.2) is 11.5 Å². The maximum Gasteiger partial charge on any atom is 0.265 e. The van der Waals surface area contributed by atoms with Gasteiger partial charge in [0, 0.05) is 22.6 Å². The molecule has 1 fully saturated rings. The van der Waals surface area contributed by atoms with E-state index in [4.69, 9.17) is 30.5 Å². The number of hydrazone groups is 1. The predicted octanol–water partition coefficient (Wildman–Crippen LogP) is 4.21. The van der Waals surface area contributed by atoms with Gasteiger partial charge >= 0.3 is 0 Å². The Hall–Kier alpha value is -3.61. The summed E-state index contributed by atoms with van der Waals surface area (Å²) in [5, 5.41) is 4.26. The average molecular weight is 606 g/mol. The van der Waals surface area contributed by atoms with Gasteiger partial charge in [-0.25, -0.2) is 13.8 Å². The van der Waals surface area contributed by atoms with Crippen molar-refractivity contribution in [2.45, 2.75) is 11.0 Å². The van der Waals surface area contributed by atoms with Crippen molar-refractivity contribution in [3.63, 3.8) is 0 Å². The van der Waals surface area contributed by atoms with Gasteiger partial charge < -0.3 is 18.9 Å². The molecule has 1 heterocycles. The molecule has 13 heteroatoms. The van der Waals surface area contributed by atoms with Crippen LogP contribution in [0.5, 0.6) is 23.0 Å². The molecule has 0 atom stereocenters. The first-order chi connectivity index (χ1) is 19.2. The van der Waals surface area contributed by atoms with Gasteiger partial charge in [-0.1, -0.05) is 23.7 Å². The molecule has 40 heavy (non-hydrogen) atoms. The van der Waals surface area contributed by atoms with Crippen molar-refractivity contribution in [1.29, 1.82) is 0 Å². The second-order valence-electron chi connectivity index (χ2n) is 8.49. The van der Waals surface area contributed by atoms with Crippen LogP contribution in [-0.4, -0.2) is 66.0 Å². The molecule has 1 amide bonds. The Morgan fingerprint density at radius 2 is 1.75 bits per heavy atom. The molecule has 10 nitrogen and oxygen atoms in total. The summed E-state index contributed by atoms with van der Waals surface area (Å²) in [5.74, 6) is 2.68. The number of sulfonamides is 1. The fourth-order valence-electron chi connectivity index (χ4n) is 3.75. The molecular weight excluding hydrogens is 578 g/mol. The predicted molar refractivity (Wildman–Crippen MR) is 156 cm³/mol. The monoisotopic (exact) mass is 605 g/mol. The first-order valence-electron chi connectivity index (χ1n) is 12.0. The smallest absolute Gasteiger partial charge is 0.265 e. The van der Waals surface area contributed by atoms with E-state index in [1.807, 2.05) is 36.0 Å². The van der Waals surface area contributed by atoms with E-state index < -0.39 is 22.5 Å². The van der Waals surface area contributed by atoms with E-state index in [-0.39, 0.29) is 33.2 Å². The summed E-state index contributed by atoms with van der Waals surface area (Å²) in [7, 11) is -0.0947. The fourth-order valence-corrected chi connectivity index (χ4v) is 5.92. The molecule has 4 rings (SSSR count). The van der Waals surface area contributed by atoms with Crippen molar-refractivity contribution >= 4 is 51.2 Å². The number of rotatable bonds is 12. The molecule has 0 aromatic heterocycles. The van der Waals surface area contributed by atoms with Crippen LogP contribution in [0.25, 0.3) is 0 Å². The zero-order valence-electron chi connectivity index (χ0n) is 22.0. The van der Waals surface area contributed by atoms with Crippen LogP contribution in [-0.2, 0) is 14.8 Å². The number of carbonyl (C=O) groups is 1. The van der Waals surface area contributed by atoms with Crippen LogP contribution in [0.2, 0.25) is 5.02 Å². The van der Waals surface area contributed by atoms with Gasteiger partial charge in [-0.2, -0.15) is 16.9 Å². The minimum absolute atomic E-state index is 0.0722. The number of amides is 1. The Labute approximate surface area is 242 Å². The van der Waals surface area contributed by atoms with E-state index in [0.29, 0.717) is 17.1 Å². The van der Waals surface area contributed by atoms with Gasteiger partial charge in [0.1, 0.15) is 24.1 Å². The summed E-state index contributed by atoms with van der Waals surface area (Å²) in [4.78, 5) is 12.9. The number of thioether (sulfide) groups is 1. The van der Waals surface area contributed by atoms with Crippen LogP contribution in [0.3, 0.4) is 0 Å². The van der Waals surface area contributed by atoms with Crippen LogP contribution >= 0.6 is 23.4 Å². The maximum absolute atomic E-state index is 13.9. The van der Waals surface area contributed by atoms with Gasteiger partial charge in [0.25, 0.3) is 15.9 Å². The van der Waals surface area contributed by atoms with Crippen molar-refractivity contribution in [3.05, 3.63) is 71.2 Å². The van der Waals surface area contributed by atoms with Crippen LogP contribution in [0.15, 0.2) is 70.7 Å². The highest BCUT2D eigenvalue weighted by Gasteiger charge is 2.30. The minimum atomic E-state index is -4.32. The zero-order valence-corrected chi connectivity index (χ0v) is 24.4. The van der Waals surface area contributed by atoms with Crippen molar-refractivity contribution < 1.29 is 32.2 Å². The normalized spacial score (nSPS) is 13.4. The molecule has 0 aliphatic carbocycles. The molecule has 3 aromatic rings. The number of hydrogen-bond donors (Lipinski definition) is 1. The van der Waals surface area contributed by atoms with E-state index in [1.165, 1.54) is 57.9 Å². The quantitative estimate of drug-likeness (QED) is 0.241. The highest BCUT2D eigenvalue weighted by atomic mass is 35.5. The molecule has 212 valence electrons. The topological polar surface area (TPSA) is 116 Å². The van der Waals surface area contributed by atoms with Crippen molar-refractivity contribution in [3.8, 4) is 23.0 Å². The number of hydrogen-bond acceptors (Lipinski definition) is 9. The third-order valence-corrected chi connectivity index (χ3v) is 9.02. The Morgan fingerprint density at radius 3 is 2.42 bits per heavy atom. The third-order valence-electron chi connectivity index (χ3n) is 5.81. The van der Waals surface area contributed by atoms with E-state index in [0.717, 1.165) is 15.8 Å². The van der Waals surface area contributed by atoms with Crippen molar-refractivity contribution in [2.24, 2.45) is 5.10 Å². The number of nitrogens with zero attached hydrogens (tertiary/aromatic N) is 2. The highest BCUT2D eigenvalue weighted by molar-refractivity contribution is 8.00. The first kappa shape index (κ1) is 29.4. The van der Waals surface area contributed by atoms with E-state index in [2.05, 4.69) is 10.5 Å². The molecule has 1 saturated heterocycles. The standard InChI is InChI=1S/C27H28ClN3O7S2/c1-35-24-9-7-19(28)12-23(24)31(40(33,34)22-8-10-25(36-2)26(13-22)37-3)15-27(32)30-29-14-18-5-4-6-20(11-18)38-21-16-39-17-21/h4-14,21H,15-17H2,1-3H3,(H,30,32)/b29-14-. The lowest BCUT2D eigenvalue weighted by atomic mass is 10.2. The number of nitrogens with one attached hydrogen (secondary N) is 1. The molecule has 3 aromatic carbocycles. The third kappa shape index (κ3) is 6.93. The second kappa shape index (κ2) is 13.2. The van der Waals surface area contributed by atoms with Gasteiger partial charge in [0.2, 0.25) is 0 Å². The van der Waals surface area contributed by atoms with E-state index >= 15 is 0 Å². The first-order valence-corrected chi connectivity index (χ1v) is 15.0. The summed E-state index contributed by atoms with van der Waals surface area (Å²) in [6, 6.07) is 15.9. The molecule has 0 spiro atoms. The van der Waals surface area contributed by atoms with Crippen LogP contribution in [0, 0.1) is 0 Å². The lowest BCUT2D eigenvalue weighted by Gasteiger charge is -2.26. The zero-order chi connectivity index (χ0) is 28.7. The maximum atomic E-state index is 13.9. The van der Waals surface area contributed by atoms with Gasteiger partial charge in [-0.05, 0) is 48.0 Å². The number of ether oxygens (including phenoxy) is 4. The number of carbonyl (C=O) groups excluding carboxylic acids is 1. The van der Waals surface area contributed by atoms with Crippen molar-refractivity contribution in [1.82, 2.24) is 5.43 Å². The van der Waals surface area contributed by atoms with Crippen LogP contribution < -0.4 is 28.7 Å². The minimum Gasteiger partial charge on any atom is -0.495 e. The summed E-state index contributed by atoms with van der Waals surface area (Å²) in [5.41, 5.74) is 3.17. The van der Waals surface area contributed by atoms with Gasteiger partial charge in [-0.3, -0.25) is 9.10 Å². The highest BCUT2D eigenvalue weighted by Crippen LogP contribution is 2.37. The fraction of sp³-hybridized carbons (Fsp3) is 0.259. The number of benzene rings is 3. The van der Waals surface area contributed by atoms with Crippen molar-refractivity contribution in [2.75, 3.05) is 43.7 Å². The number of halogens is 1. The largest absolute Gasteiger partial charge is 0.495 e. The SMILES string of the molecule is COc1ccc(S(=O)(=O)N(CC(=O)N/N=C\c2cccc(OC3CSC3)c2)c2cc(Cl)ccc2OC)cc1OC. The Morgan fingerprint density at radius 1 is 1.02 bits per heavy atom. The molecule has 0 radical (unpaired) electrons. The number of anilines is 1. The molecule has 1 aliphatic heterocycles. The second-order valence-corrected chi connectivity index (χ2v) is 11.9. The number of methoxy groups -OCH3 is 3. The average Bonchev–Trinajstić information content (AvgIpc) is 2.93. The van der Waals surface area contributed by atoms with E-state index in [9.17, 15) is 13.2 Å².